The lowest BCUT2D eigenvalue weighted by molar-refractivity contribution is 0.0999. The molecule has 2 aromatic carbocycles. The molecule has 1 aromatic heterocycles. The zero-order valence-electron chi connectivity index (χ0n) is 15.5. The van der Waals surface area contributed by atoms with Crippen LogP contribution in [0, 0.1) is 0 Å². The largest absolute Gasteiger partial charge is 0.378 e. The molecular formula is C21H21Cl2N3O2. The molecule has 1 aliphatic heterocycles. The molecule has 0 aliphatic carbocycles. The molecule has 28 heavy (non-hydrogen) atoms. The quantitative estimate of drug-likeness (QED) is 0.656. The summed E-state index contributed by atoms with van der Waals surface area (Å²) in [4.78, 5) is 14.2. The van der Waals surface area contributed by atoms with Gasteiger partial charge in [0.25, 0.3) is 0 Å². The van der Waals surface area contributed by atoms with Gasteiger partial charge in [-0.25, -0.2) is 0 Å². The normalized spacial score (nSPS) is 15.2. The van der Waals surface area contributed by atoms with E-state index in [1.807, 2.05) is 17.7 Å². The number of carbonyl (C=O) groups excluding carboxylic acids is 1. The van der Waals surface area contributed by atoms with E-state index in [2.05, 4.69) is 23.1 Å². The third-order valence-electron chi connectivity index (χ3n) is 5.26. The lowest BCUT2D eigenvalue weighted by Gasteiger charge is -2.29. The molecule has 2 heterocycles. The minimum atomic E-state index is -1.42. The molecule has 2 N–H and O–H groups in total. The summed E-state index contributed by atoms with van der Waals surface area (Å²) in [6, 6.07) is 15.1. The Morgan fingerprint density at radius 3 is 2.54 bits per heavy atom. The van der Waals surface area contributed by atoms with Crippen molar-refractivity contribution in [3.8, 4) is 0 Å². The Bertz CT molecular complexity index is 1040. The standard InChI is InChI=1S/C21H21Cl2N3O2/c1-25-18-13-15(26-8-10-28-11-9-26)7-6-14(18)12-19(25)21(22,23)17-5-3-2-4-16(17)20(24)27/h2-7,12-13H,8-11H2,1H3,(H2,24,27). The van der Waals surface area contributed by atoms with Crippen LogP contribution in [-0.2, 0) is 16.1 Å². The fourth-order valence-corrected chi connectivity index (χ4v) is 4.44. The summed E-state index contributed by atoms with van der Waals surface area (Å²) in [5.74, 6) is -0.561. The molecule has 5 nitrogen and oxygen atoms in total. The van der Waals surface area contributed by atoms with Crippen LogP contribution >= 0.6 is 23.2 Å². The monoisotopic (exact) mass is 417 g/mol. The fraction of sp³-hybridized carbons (Fsp3) is 0.286. The molecule has 1 amide bonds. The second kappa shape index (κ2) is 7.32. The van der Waals surface area contributed by atoms with Crippen LogP contribution in [0.25, 0.3) is 10.9 Å². The van der Waals surface area contributed by atoms with E-state index < -0.39 is 10.2 Å². The van der Waals surface area contributed by atoms with Crippen molar-refractivity contribution in [2.45, 2.75) is 4.33 Å². The van der Waals surface area contributed by atoms with Crippen LogP contribution in [0.5, 0.6) is 0 Å². The van der Waals surface area contributed by atoms with Gasteiger partial charge in [-0.2, -0.15) is 0 Å². The topological polar surface area (TPSA) is 60.5 Å². The SMILES string of the molecule is Cn1c(C(Cl)(Cl)c2ccccc2C(N)=O)cc2ccc(N3CCOCC3)cc21. The van der Waals surface area contributed by atoms with Crippen molar-refractivity contribution in [2.24, 2.45) is 12.8 Å². The second-order valence-electron chi connectivity index (χ2n) is 6.92. The maximum atomic E-state index is 11.9. The van der Waals surface area contributed by atoms with Crippen molar-refractivity contribution in [1.29, 1.82) is 0 Å². The van der Waals surface area contributed by atoms with Gasteiger partial charge in [-0.05, 0) is 24.3 Å². The number of primary amides is 1. The number of aromatic nitrogens is 1. The first-order valence-corrected chi connectivity index (χ1v) is 9.85. The van der Waals surface area contributed by atoms with E-state index in [1.54, 1.807) is 24.3 Å². The molecule has 4 rings (SSSR count). The van der Waals surface area contributed by atoms with Crippen LogP contribution in [0.1, 0.15) is 21.6 Å². The first kappa shape index (κ1) is 19.1. The lowest BCUT2D eigenvalue weighted by Crippen LogP contribution is -2.36. The lowest BCUT2D eigenvalue weighted by atomic mass is 10.0. The summed E-state index contributed by atoms with van der Waals surface area (Å²) in [7, 11) is 1.92. The Balaban J connectivity index is 1.80. The van der Waals surface area contributed by atoms with Gasteiger partial charge < -0.3 is 19.9 Å². The number of fused-ring (bicyclic) bond motifs is 1. The zero-order valence-corrected chi connectivity index (χ0v) is 17.0. The number of hydrogen-bond donors (Lipinski definition) is 1. The van der Waals surface area contributed by atoms with E-state index in [0.717, 1.165) is 42.9 Å². The number of nitrogens with zero attached hydrogens (tertiary/aromatic N) is 2. The number of rotatable bonds is 4. The number of morpholine rings is 1. The number of ether oxygens (including phenoxy) is 1. The highest BCUT2D eigenvalue weighted by atomic mass is 35.5. The smallest absolute Gasteiger partial charge is 0.249 e. The average molecular weight is 418 g/mol. The van der Waals surface area contributed by atoms with Crippen molar-refractivity contribution in [1.82, 2.24) is 4.57 Å². The molecule has 1 aliphatic rings. The Hall–Kier alpha value is -2.21. The van der Waals surface area contributed by atoms with Gasteiger partial charge in [0.05, 0.1) is 24.4 Å². The molecule has 0 unspecified atom stereocenters. The Kier molecular flexibility index (Phi) is 5.00. The number of nitrogens with two attached hydrogens (primary N) is 1. The number of benzene rings is 2. The predicted octanol–water partition coefficient (Wildman–Crippen LogP) is 3.79. The van der Waals surface area contributed by atoms with Crippen molar-refractivity contribution in [2.75, 3.05) is 31.2 Å². The van der Waals surface area contributed by atoms with Gasteiger partial charge in [0.1, 0.15) is 0 Å². The van der Waals surface area contributed by atoms with Crippen LogP contribution < -0.4 is 10.6 Å². The van der Waals surface area contributed by atoms with Gasteiger partial charge in [-0.15, -0.1) is 0 Å². The van der Waals surface area contributed by atoms with Crippen molar-refractivity contribution in [3.05, 3.63) is 65.4 Å². The molecule has 0 radical (unpaired) electrons. The first-order chi connectivity index (χ1) is 13.4. The van der Waals surface area contributed by atoms with Gasteiger partial charge in [0.2, 0.25) is 5.91 Å². The fourth-order valence-electron chi connectivity index (χ4n) is 3.75. The number of halogens is 2. The number of carbonyl (C=O) groups is 1. The predicted molar refractivity (Wildman–Crippen MR) is 113 cm³/mol. The van der Waals surface area contributed by atoms with E-state index in [-0.39, 0.29) is 0 Å². The maximum absolute atomic E-state index is 11.9. The Morgan fingerprint density at radius 1 is 1.11 bits per heavy atom. The Morgan fingerprint density at radius 2 is 1.82 bits per heavy atom. The molecule has 146 valence electrons. The summed E-state index contributed by atoms with van der Waals surface area (Å²) in [6.07, 6.45) is 0. The van der Waals surface area contributed by atoms with E-state index in [9.17, 15) is 4.79 Å². The number of alkyl halides is 2. The van der Waals surface area contributed by atoms with Crippen LogP contribution in [0.2, 0.25) is 0 Å². The minimum Gasteiger partial charge on any atom is -0.378 e. The summed E-state index contributed by atoms with van der Waals surface area (Å²) in [5.41, 5.74) is 9.14. The third-order valence-corrected chi connectivity index (χ3v) is 6.05. The third kappa shape index (κ3) is 3.24. The summed E-state index contributed by atoms with van der Waals surface area (Å²) in [6.45, 7) is 3.19. The second-order valence-corrected chi connectivity index (χ2v) is 8.24. The molecular weight excluding hydrogens is 397 g/mol. The Labute approximate surface area is 173 Å². The van der Waals surface area contributed by atoms with Crippen LogP contribution in [0.15, 0.2) is 48.5 Å². The van der Waals surface area contributed by atoms with Gasteiger partial charge in [-0.3, -0.25) is 4.79 Å². The molecule has 0 saturated carbocycles. The van der Waals surface area contributed by atoms with E-state index in [4.69, 9.17) is 33.7 Å². The summed E-state index contributed by atoms with van der Waals surface area (Å²) in [5, 5.41) is 1.02. The van der Waals surface area contributed by atoms with E-state index in [1.165, 1.54) is 0 Å². The molecule has 0 spiro atoms. The summed E-state index contributed by atoms with van der Waals surface area (Å²) < 4.78 is 5.99. The van der Waals surface area contributed by atoms with Gasteiger partial charge >= 0.3 is 0 Å². The molecule has 0 atom stereocenters. The highest BCUT2D eigenvalue weighted by Gasteiger charge is 2.35. The number of aryl methyl sites for hydroxylation is 1. The zero-order chi connectivity index (χ0) is 19.9. The van der Waals surface area contributed by atoms with Gasteiger partial charge in [-0.1, -0.05) is 47.5 Å². The number of amides is 1. The molecule has 7 heteroatoms. The van der Waals surface area contributed by atoms with Crippen molar-refractivity contribution >= 4 is 45.7 Å². The molecule has 0 bridgehead atoms. The average Bonchev–Trinajstić information content (AvgIpc) is 3.05. The van der Waals surface area contributed by atoms with Crippen LogP contribution in [-0.4, -0.2) is 36.8 Å². The van der Waals surface area contributed by atoms with Gasteiger partial charge in [0, 0.05) is 42.3 Å². The van der Waals surface area contributed by atoms with Crippen LogP contribution in [0.3, 0.4) is 0 Å². The number of anilines is 1. The van der Waals surface area contributed by atoms with E-state index >= 15 is 0 Å². The van der Waals surface area contributed by atoms with Crippen LogP contribution in [0.4, 0.5) is 5.69 Å². The highest BCUT2D eigenvalue weighted by Crippen LogP contribution is 2.44. The van der Waals surface area contributed by atoms with Crippen molar-refractivity contribution in [3.63, 3.8) is 0 Å². The molecule has 1 saturated heterocycles. The van der Waals surface area contributed by atoms with Gasteiger partial charge in [0.15, 0.2) is 4.33 Å². The first-order valence-electron chi connectivity index (χ1n) is 9.09. The highest BCUT2D eigenvalue weighted by molar-refractivity contribution is 6.50. The summed E-state index contributed by atoms with van der Waals surface area (Å²) >= 11 is 13.6. The minimum absolute atomic E-state index is 0.312. The molecule has 1 fully saturated rings. The van der Waals surface area contributed by atoms with Crippen molar-refractivity contribution < 1.29 is 9.53 Å². The number of hydrogen-bond acceptors (Lipinski definition) is 3. The molecule has 3 aromatic rings. The van der Waals surface area contributed by atoms with E-state index in [0.29, 0.717) is 16.8 Å². The maximum Gasteiger partial charge on any atom is 0.249 e.